The summed E-state index contributed by atoms with van der Waals surface area (Å²) in [5, 5.41) is 13.4. The topological polar surface area (TPSA) is 93.3 Å². The third kappa shape index (κ3) is 6.50. The zero-order valence-electron chi connectivity index (χ0n) is 13.4. The predicted octanol–water partition coefficient (Wildman–Crippen LogP) is 1.93. The van der Waals surface area contributed by atoms with Crippen LogP contribution in [-0.2, 0) is 28.4 Å². The minimum Gasteiger partial charge on any atom is -0.390 e. The van der Waals surface area contributed by atoms with Crippen molar-refractivity contribution in [2.24, 2.45) is 0 Å². The molecule has 0 atom stereocenters. The highest BCUT2D eigenvalue weighted by atomic mass is 32.2. The van der Waals surface area contributed by atoms with Gasteiger partial charge in [-0.1, -0.05) is 35.5 Å². The Morgan fingerprint density at radius 2 is 1.87 bits per heavy atom. The summed E-state index contributed by atoms with van der Waals surface area (Å²) in [5.41, 5.74) is 0.152. The van der Waals surface area contributed by atoms with E-state index in [1.54, 1.807) is 13.8 Å². The molecule has 1 aromatic heterocycles. The van der Waals surface area contributed by atoms with E-state index in [2.05, 4.69) is 10.1 Å². The van der Waals surface area contributed by atoms with E-state index in [0.717, 1.165) is 12.0 Å². The molecule has 0 fully saturated rings. The smallest absolute Gasteiger partial charge is 0.241 e. The molecular weight excluding hydrogens is 316 g/mol. The van der Waals surface area contributed by atoms with Gasteiger partial charge in [0.1, 0.15) is 5.75 Å². The average Bonchev–Trinajstić information content (AvgIpc) is 2.90. The maximum absolute atomic E-state index is 12.0. The van der Waals surface area contributed by atoms with Gasteiger partial charge in [0.15, 0.2) is 15.7 Å². The fourth-order valence-corrected chi connectivity index (χ4v) is 3.47. The Kier molecular flexibility index (Phi) is 5.54. The van der Waals surface area contributed by atoms with E-state index in [0.29, 0.717) is 12.2 Å². The fourth-order valence-electron chi connectivity index (χ4n) is 2.02. The Morgan fingerprint density at radius 1 is 1.17 bits per heavy atom. The van der Waals surface area contributed by atoms with Gasteiger partial charge in [0.2, 0.25) is 5.89 Å². The molecule has 0 saturated heterocycles. The van der Waals surface area contributed by atoms with E-state index >= 15 is 0 Å². The SMILES string of the molecule is CC(C)(O)CCS(=O)(=O)Cc1nc(CCc2ccccc2)no1. The van der Waals surface area contributed by atoms with Gasteiger partial charge in [-0.2, -0.15) is 4.98 Å². The summed E-state index contributed by atoms with van der Waals surface area (Å²) < 4.78 is 29.0. The van der Waals surface area contributed by atoms with Gasteiger partial charge in [-0.25, -0.2) is 8.42 Å². The third-order valence-corrected chi connectivity index (χ3v) is 4.87. The first kappa shape index (κ1) is 17.6. The molecule has 2 aromatic rings. The number of nitrogens with zero attached hydrogens (tertiary/aromatic N) is 2. The van der Waals surface area contributed by atoms with Gasteiger partial charge in [0, 0.05) is 6.42 Å². The number of rotatable bonds is 8. The molecule has 7 heteroatoms. The molecule has 0 radical (unpaired) electrons. The van der Waals surface area contributed by atoms with E-state index < -0.39 is 15.4 Å². The minimum atomic E-state index is -3.38. The van der Waals surface area contributed by atoms with Crippen LogP contribution in [0.3, 0.4) is 0 Å². The molecule has 0 amide bonds. The van der Waals surface area contributed by atoms with Crippen LogP contribution in [0, 0.1) is 0 Å². The van der Waals surface area contributed by atoms with Crippen LogP contribution < -0.4 is 0 Å². The summed E-state index contributed by atoms with van der Waals surface area (Å²) in [6.45, 7) is 3.16. The van der Waals surface area contributed by atoms with Crippen molar-refractivity contribution in [3.8, 4) is 0 Å². The second-order valence-corrected chi connectivity index (χ2v) is 8.43. The summed E-state index contributed by atoms with van der Waals surface area (Å²) in [5.74, 6) is 0.199. The van der Waals surface area contributed by atoms with Crippen molar-refractivity contribution in [3.63, 3.8) is 0 Å². The molecule has 23 heavy (non-hydrogen) atoms. The molecule has 0 saturated carbocycles. The number of hydrogen-bond donors (Lipinski definition) is 1. The molecule has 126 valence electrons. The lowest BCUT2D eigenvalue weighted by molar-refractivity contribution is 0.0772. The molecule has 6 nitrogen and oxygen atoms in total. The van der Waals surface area contributed by atoms with Crippen molar-refractivity contribution in [3.05, 3.63) is 47.6 Å². The van der Waals surface area contributed by atoms with Crippen LogP contribution in [0.4, 0.5) is 0 Å². The molecule has 0 unspecified atom stereocenters. The zero-order chi connectivity index (χ0) is 16.9. The van der Waals surface area contributed by atoms with Crippen LogP contribution >= 0.6 is 0 Å². The quantitative estimate of drug-likeness (QED) is 0.790. The van der Waals surface area contributed by atoms with Crippen LogP contribution in [0.2, 0.25) is 0 Å². The van der Waals surface area contributed by atoms with Gasteiger partial charge in [-0.3, -0.25) is 0 Å². The second-order valence-electron chi connectivity index (χ2n) is 6.24. The molecule has 0 aliphatic rings. The van der Waals surface area contributed by atoms with Crippen molar-refractivity contribution < 1.29 is 18.0 Å². The Labute approximate surface area is 136 Å². The number of hydrogen-bond acceptors (Lipinski definition) is 6. The van der Waals surface area contributed by atoms with E-state index in [1.165, 1.54) is 0 Å². The molecule has 1 aromatic carbocycles. The van der Waals surface area contributed by atoms with Crippen LogP contribution in [0.25, 0.3) is 0 Å². The minimum absolute atomic E-state index is 0.101. The van der Waals surface area contributed by atoms with Crippen molar-refractivity contribution in [2.45, 2.75) is 44.5 Å². The van der Waals surface area contributed by atoms with Gasteiger partial charge < -0.3 is 9.63 Å². The Morgan fingerprint density at radius 3 is 2.52 bits per heavy atom. The maximum Gasteiger partial charge on any atom is 0.241 e. The summed E-state index contributed by atoms with van der Waals surface area (Å²) in [7, 11) is -3.38. The molecule has 0 aliphatic heterocycles. The molecule has 0 bridgehead atoms. The van der Waals surface area contributed by atoms with Crippen molar-refractivity contribution in [1.82, 2.24) is 10.1 Å². The van der Waals surface area contributed by atoms with Gasteiger partial charge in [0.05, 0.1) is 11.4 Å². The Hall–Kier alpha value is -1.73. The van der Waals surface area contributed by atoms with Crippen LogP contribution in [0.1, 0.15) is 37.5 Å². The molecule has 1 N–H and O–H groups in total. The number of aromatic nitrogens is 2. The van der Waals surface area contributed by atoms with E-state index in [1.807, 2.05) is 30.3 Å². The largest absolute Gasteiger partial charge is 0.390 e. The normalized spacial score (nSPS) is 12.5. The summed E-state index contributed by atoms with van der Waals surface area (Å²) >= 11 is 0. The van der Waals surface area contributed by atoms with E-state index in [4.69, 9.17) is 4.52 Å². The first-order valence-electron chi connectivity index (χ1n) is 7.52. The number of aryl methyl sites for hydroxylation is 2. The zero-order valence-corrected chi connectivity index (χ0v) is 14.2. The standard InChI is InChI=1S/C16H22N2O4S/c1-16(2,19)10-11-23(20,21)12-15-17-14(18-22-15)9-8-13-6-4-3-5-7-13/h3-7,19H,8-12H2,1-2H3. The van der Waals surface area contributed by atoms with Crippen molar-refractivity contribution in [2.75, 3.05) is 5.75 Å². The number of benzene rings is 1. The lowest BCUT2D eigenvalue weighted by Gasteiger charge is -2.15. The van der Waals surface area contributed by atoms with Crippen LogP contribution in [0.15, 0.2) is 34.9 Å². The molecule has 2 rings (SSSR count). The van der Waals surface area contributed by atoms with Crippen LogP contribution in [-0.4, -0.2) is 35.0 Å². The molecule has 1 heterocycles. The summed E-state index contributed by atoms with van der Waals surface area (Å²) in [6, 6.07) is 9.91. The average molecular weight is 338 g/mol. The highest BCUT2D eigenvalue weighted by molar-refractivity contribution is 7.90. The van der Waals surface area contributed by atoms with Crippen LogP contribution in [0.5, 0.6) is 0 Å². The van der Waals surface area contributed by atoms with Gasteiger partial charge >= 0.3 is 0 Å². The lowest BCUT2D eigenvalue weighted by atomic mass is 10.1. The monoisotopic (exact) mass is 338 g/mol. The maximum atomic E-state index is 12.0. The predicted molar refractivity (Wildman–Crippen MR) is 86.6 cm³/mol. The van der Waals surface area contributed by atoms with Gasteiger partial charge in [0.25, 0.3) is 0 Å². The molecule has 0 aliphatic carbocycles. The van der Waals surface area contributed by atoms with Crippen molar-refractivity contribution >= 4 is 9.84 Å². The number of sulfone groups is 1. The highest BCUT2D eigenvalue weighted by Crippen LogP contribution is 2.13. The van der Waals surface area contributed by atoms with E-state index in [-0.39, 0.29) is 23.8 Å². The lowest BCUT2D eigenvalue weighted by Crippen LogP contribution is -2.24. The second kappa shape index (κ2) is 7.23. The fraction of sp³-hybridized carbons (Fsp3) is 0.500. The van der Waals surface area contributed by atoms with Gasteiger partial charge in [-0.15, -0.1) is 0 Å². The Balaban J connectivity index is 1.89. The van der Waals surface area contributed by atoms with Gasteiger partial charge in [-0.05, 0) is 32.3 Å². The molecule has 0 spiro atoms. The third-order valence-electron chi connectivity index (χ3n) is 3.36. The van der Waals surface area contributed by atoms with E-state index in [9.17, 15) is 13.5 Å². The summed E-state index contributed by atoms with van der Waals surface area (Å²) in [6.07, 6.45) is 1.53. The highest BCUT2D eigenvalue weighted by Gasteiger charge is 2.21. The van der Waals surface area contributed by atoms with Crippen molar-refractivity contribution in [1.29, 1.82) is 0 Å². The molecular formula is C16H22N2O4S. The Bertz CT molecular complexity index is 718. The first-order chi connectivity index (χ1) is 10.7. The number of aliphatic hydroxyl groups is 1. The first-order valence-corrected chi connectivity index (χ1v) is 9.34. The summed E-state index contributed by atoms with van der Waals surface area (Å²) in [4.78, 5) is 4.14.